The Morgan fingerprint density at radius 3 is 2.32 bits per heavy atom. The van der Waals surface area contributed by atoms with Crippen LogP contribution >= 0.6 is 0 Å². The molecule has 2 fully saturated rings. The molecule has 0 bridgehead atoms. The summed E-state index contributed by atoms with van der Waals surface area (Å²) >= 11 is 0. The fraction of sp³-hybridized carbons (Fsp3) is 0.621. The average Bonchev–Trinajstić information content (AvgIpc) is 3.61. The number of carbonyl (C=O) groups is 3. The van der Waals surface area contributed by atoms with Crippen LogP contribution in [0.5, 0.6) is 0 Å². The number of fused-ring (bicyclic) bond motifs is 1. The van der Waals surface area contributed by atoms with Gasteiger partial charge in [0.05, 0.1) is 24.3 Å². The van der Waals surface area contributed by atoms with Gasteiger partial charge in [0.2, 0.25) is 12.3 Å². The van der Waals surface area contributed by atoms with Gasteiger partial charge in [-0.3, -0.25) is 19.4 Å². The summed E-state index contributed by atoms with van der Waals surface area (Å²) in [5.74, 6) is -0.868. The third-order valence-electron chi connectivity index (χ3n) is 7.09. The number of halogens is 3. The number of nitrogens with one attached hydrogen (secondary N) is 2. The van der Waals surface area contributed by atoms with Crippen molar-refractivity contribution >= 4 is 29.1 Å². The molecular formula is C29H41F3N6O3. The molecule has 41 heavy (non-hydrogen) atoms. The van der Waals surface area contributed by atoms with Crippen LogP contribution in [0.3, 0.4) is 0 Å². The summed E-state index contributed by atoms with van der Waals surface area (Å²) in [7, 11) is 1.98. The lowest BCUT2D eigenvalue weighted by Crippen LogP contribution is -2.44. The van der Waals surface area contributed by atoms with Gasteiger partial charge in [0, 0.05) is 43.5 Å². The van der Waals surface area contributed by atoms with E-state index in [4.69, 9.17) is 0 Å². The first-order valence-electron chi connectivity index (χ1n) is 13.7. The van der Waals surface area contributed by atoms with Crippen LogP contribution in [0, 0.1) is 28.6 Å². The molecule has 2 atom stereocenters. The Bertz CT molecular complexity index is 1260. The number of nitrogens with zero attached hydrogens (tertiary/aromatic N) is 4. The van der Waals surface area contributed by atoms with Gasteiger partial charge in [0.1, 0.15) is 6.04 Å². The van der Waals surface area contributed by atoms with Crippen molar-refractivity contribution in [1.82, 2.24) is 25.1 Å². The smallest absolute Gasteiger partial charge is 0.349 e. The number of rotatable bonds is 6. The predicted molar refractivity (Wildman–Crippen MR) is 149 cm³/mol. The van der Waals surface area contributed by atoms with Gasteiger partial charge < -0.3 is 20.1 Å². The lowest BCUT2D eigenvalue weighted by molar-refractivity contribution is -0.174. The Balaban J connectivity index is 0.000000255. The topological polar surface area (TPSA) is 120 Å². The summed E-state index contributed by atoms with van der Waals surface area (Å²) in [6.45, 7) is 12.9. The van der Waals surface area contributed by atoms with Gasteiger partial charge in [-0.2, -0.15) is 18.4 Å². The Labute approximate surface area is 239 Å². The zero-order valence-corrected chi connectivity index (χ0v) is 24.8. The molecule has 2 aromatic rings. The molecule has 0 radical (unpaired) electrons. The summed E-state index contributed by atoms with van der Waals surface area (Å²) in [4.78, 5) is 38.5. The molecule has 4 rings (SSSR count). The van der Waals surface area contributed by atoms with Crippen molar-refractivity contribution in [3.8, 4) is 6.07 Å². The summed E-state index contributed by atoms with van der Waals surface area (Å²) in [5, 5.41) is 14.4. The zero-order chi connectivity index (χ0) is 31.1. The fourth-order valence-electron chi connectivity index (χ4n) is 4.43. The van der Waals surface area contributed by atoms with Crippen molar-refractivity contribution in [2.45, 2.75) is 72.5 Å². The molecule has 1 saturated carbocycles. The highest BCUT2D eigenvalue weighted by atomic mass is 19.4. The number of amides is 3. The number of carbonyl (C=O) groups excluding carboxylic acids is 3. The molecule has 12 heteroatoms. The minimum Gasteiger partial charge on any atom is -0.349 e. The molecule has 1 aliphatic heterocycles. The number of alkyl halides is 3. The lowest BCUT2D eigenvalue weighted by Gasteiger charge is -2.22. The summed E-state index contributed by atoms with van der Waals surface area (Å²) in [5.41, 5.74) is 3.01. The second kappa shape index (κ2) is 13.8. The quantitative estimate of drug-likeness (QED) is 0.486. The number of likely N-dealkylation sites (tertiary alicyclic amines) is 1. The summed E-state index contributed by atoms with van der Waals surface area (Å²) < 4.78 is 37.8. The van der Waals surface area contributed by atoms with Gasteiger partial charge in [-0.05, 0) is 41.6 Å². The molecule has 0 spiro atoms. The first kappa shape index (κ1) is 33.6. The highest BCUT2D eigenvalue weighted by molar-refractivity contribution is 5.88. The first-order valence-corrected chi connectivity index (χ1v) is 13.7. The van der Waals surface area contributed by atoms with E-state index in [1.807, 2.05) is 32.4 Å². The molecule has 226 valence electrons. The normalized spacial score (nSPS) is 18.4. The van der Waals surface area contributed by atoms with E-state index < -0.39 is 30.6 Å². The first-order chi connectivity index (χ1) is 19.0. The number of hydrogen-bond donors (Lipinski definition) is 2. The Kier molecular flexibility index (Phi) is 11.3. The van der Waals surface area contributed by atoms with E-state index in [1.54, 1.807) is 17.7 Å². The van der Waals surface area contributed by atoms with Crippen LogP contribution < -0.4 is 10.6 Å². The molecule has 2 aromatic heterocycles. The second-order valence-corrected chi connectivity index (χ2v) is 12.0. The summed E-state index contributed by atoms with van der Waals surface area (Å²) in [6.07, 6.45) is 3.60. The Hall–Kier alpha value is -3.62. The van der Waals surface area contributed by atoms with Gasteiger partial charge in [0.25, 0.3) is 0 Å². The third-order valence-corrected chi connectivity index (χ3v) is 7.09. The van der Waals surface area contributed by atoms with E-state index in [9.17, 15) is 32.8 Å². The number of nitriles is 1. The van der Waals surface area contributed by atoms with E-state index >= 15 is 0 Å². The van der Waals surface area contributed by atoms with Crippen LogP contribution in [-0.2, 0) is 21.4 Å². The van der Waals surface area contributed by atoms with Crippen molar-refractivity contribution in [1.29, 1.82) is 5.26 Å². The van der Waals surface area contributed by atoms with Crippen LogP contribution in [0.4, 0.5) is 13.2 Å². The van der Waals surface area contributed by atoms with E-state index in [2.05, 4.69) is 43.3 Å². The molecule has 3 amide bonds. The van der Waals surface area contributed by atoms with Gasteiger partial charge in [-0.15, -0.1) is 0 Å². The van der Waals surface area contributed by atoms with E-state index in [-0.39, 0.29) is 11.3 Å². The van der Waals surface area contributed by atoms with Crippen LogP contribution in [0.1, 0.15) is 77.5 Å². The fourth-order valence-corrected chi connectivity index (χ4v) is 4.43. The number of aromatic nitrogens is 2. The molecule has 1 saturated heterocycles. The lowest BCUT2D eigenvalue weighted by atomic mass is 9.84. The van der Waals surface area contributed by atoms with Crippen LogP contribution in [-0.4, -0.2) is 58.5 Å². The zero-order valence-electron chi connectivity index (χ0n) is 24.8. The van der Waals surface area contributed by atoms with Crippen LogP contribution in [0.2, 0.25) is 0 Å². The second-order valence-electron chi connectivity index (χ2n) is 12.0. The van der Waals surface area contributed by atoms with Crippen molar-refractivity contribution in [2.24, 2.45) is 24.3 Å². The minimum atomic E-state index is -4.95. The van der Waals surface area contributed by atoms with Gasteiger partial charge >= 0.3 is 12.1 Å². The maximum absolute atomic E-state index is 11.9. The highest BCUT2D eigenvalue weighted by Crippen LogP contribution is 2.45. The van der Waals surface area contributed by atoms with Gasteiger partial charge in [-0.1, -0.05) is 41.5 Å². The Morgan fingerprint density at radius 2 is 1.85 bits per heavy atom. The molecule has 3 heterocycles. The minimum absolute atomic E-state index is 0.0519. The molecular weight excluding hydrogens is 537 g/mol. The molecule has 2 N–H and O–H groups in total. The maximum Gasteiger partial charge on any atom is 0.471 e. The van der Waals surface area contributed by atoms with Crippen molar-refractivity contribution in [2.75, 3.05) is 19.6 Å². The van der Waals surface area contributed by atoms with E-state index in [0.29, 0.717) is 25.4 Å². The predicted octanol–water partition coefficient (Wildman–Crippen LogP) is 4.59. The standard InChI is InChI=1S/C14H14N4O.C11H17F3N2O2.C4H10/c1-18-7-11(9-2-3-9)14-10(5-16-6-13(14)18)12(4-15)17-8-19;1-7-5-16(6-10(7,2)3)8(17)4-15-9(18)11(12,13)14;1-4(2)3/h5-9,12H,2-3H2,1H3,(H,17,19);7H,4-6H2,1-3H3,(H,15,18);4H,1-3H3/t;7-;/m.0./s1. The summed E-state index contributed by atoms with van der Waals surface area (Å²) in [6, 6.07) is 1.47. The average molecular weight is 579 g/mol. The number of pyridine rings is 1. The molecule has 2 aliphatic rings. The SMILES string of the molecule is CC(C)C.C[C@H]1CN(C(=O)CNC(=O)C(F)(F)F)CC1(C)C.Cn1cc(C2CC2)c2c(C(C#N)NC=O)cncc21. The van der Waals surface area contributed by atoms with Crippen molar-refractivity contribution in [3.05, 3.63) is 29.7 Å². The monoisotopic (exact) mass is 578 g/mol. The molecule has 1 unspecified atom stereocenters. The maximum atomic E-state index is 11.9. The number of hydrogen-bond acceptors (Lipinski definition) is 5. The Morgan fingerprint density at radius 1 is 1.24 bits per heavy atom. The van der Waals surface area contributed by atoms with E-state index in [1.165, 1.54) is 23.3 Å². The highest BCUT2D eigenvalue weighted by Gasteiger charge is 2.41. The van der Waals surface area contributed by atoms with Gasteiger partial charge in [0.15, 0.2) is 0 Å². The van der Waals surface area contributed by atoms with Crippen LogP contribution in [0.25, 0.3) is 10.9 Å². The third kappa shape index (κ3) is 9.20. The largest absolute Gasteiger partial charge is 0.471 e. The van der Waals surface area contributed by atoms with Crippen molar-refractivity contribution in [3.63, 3.8) is 0 Å². The van der Waals surface area contributed by atoms with Crippen molar-refractivity contribution < 1.29 is 27.6 Å². The molecule has 9 nitrogen and oxygen atoms in total. The van der Waals surface area contributed by atoms with Crippen LogP contribution in [0.15, 0.2) is 18.6 Å². The number of aryl methyl sites for hydroxylation is 1. The van der Waals surface area contributed by atoms with E-state index in [0.717, 1.165) is 22.4 Å². The van der Waals surface area contributed by atoms with Gasteiger partial charge in [-0.25, -0.2) is 0 Å². The molecule has 0 aromatic carbocycles. The molecule has 1 aliphatic carbocycles.